The summed E-state index contributed by atoms with van der Waals surface area (Å²) in [5.41, 5.74) is 2.68. The number of anilines is 2. The van der Waals surface area contributed by atoms with Gasteiger partial charge in [-0.15, -0.1) is 0 Å². The highest BCUT2D eigenvalue weighted by Crippen LogP contribution is 2.31. The summed E-state index contributed by atoms with van der Waals surface area (Å²) >= 11 is 3.59. The van der Waals surface area contributed by atoms with Crippen LogP contribution in [-0.4, -0.2) is 14.1 Å². The minimum Gasteiger partial charge on any atom is -0.342 e. The molecule has 2 aromatic rings. The van der Waals surface area contributed by atoms with Gasteiger partial charge in [0, 0.05) is 23.2 Å². The Kier molecular flexibility index (Phi) is 4.78. The van der Waals surface area contributed by atoms with E-state index in [1.807, 2.05) is 37.2 Å². The highest BCUT2D eigenvalue weighted by molar-refractivity contribution is 9.10. The van der Waals surface area contributed by atoms with Crippen molar-refractivity contribution in [3.63, 3.8) is 0 Å². The molecule has 0 fully saturated rings. The first-order chi connectivity index (χ1) is 9.54. The fraction of sp³-hybridized carbons (Fsp3) is 0.250. The van der Waals surface area contributed by atoms with E-state index in [1.54, 1.807) is 12.1 Å². The van der Waals surface area contributed by atoms with Crippen molar-refractivity contribution in [2.45, 2.75) is 13.0 Å². The van der Waals surface area contributed by atoms with Crippen molar-refractivity contribution in [1.29, 1.82) is 0 Å². The van der Waals surface area contributed by atoms with E-state index < -0.39 is 0 Å². The predicted octanol–water partition coefficient (Wildman–Crippen LogP) is 4.64. The molecule has 2 nitrogen and oxygen atoms in total. The van der Waals surface area contributed by atoms with E-state index in [4.69, 9.17) is 0 Å². The van der Waals surface area contributed by atoms with E-state index in [1.165, 1.54) is 11.6 Å². The first-order valence-corrected chi connectivity index (χ1v) is 7.29. The Hall–Kier alpha value is -1.39. The Balaban J connectivity index is 2.35. The van der Waals surface area contributed by atoms with Gasteiger partial charge in [0.15, 0.2) is 0 Å². The van der Waals surface area contributed by atoms with Gasteiger partial charge in [-0.05, 0) is 43.8 Å². The van der Waals surface area contributed by atoms with Gasteiger partial charge in [-0.2, -0.15) is 0 Å². The third-order valence-electron chi connectivity index (χ3n) is 3.48. The molecule has 0 saturated carbocycles. The lowest BCUT2D eigenvalue weighted by atomic mass is 10.1. The molecule has 2 rings (SSSR count). The number of nitrogens with one attached hydrogen (secondary N) is 1. The van der Waals surface area contributed by atoms with E-state index in [0.29, 0.717) is 5.69 Å². The molecule has 0 spiro atoms. The predicted molar refractivity (Wildman–Crippen MR) is 86.1 cm³/mol. The maximum atomic E-state index is 13.8. The molecule has 1 atom stereocenters. The summed E-state index contributed by atoms with van der Waals surface area (Å²) in [6.07, 6.45) is 0. The number of para-hydroxylation sites is 1. The second-order valence-electron chi connectivity index (χ2n) is 4.73. The Bertz CT molecular complexity index is 601. The Morgan fingerprint density at radius 3 is 2.50 bits per heavy atom. The van der Waals surface area contributed by atoms with Crippen LogP contribution in [0.4, 0.5) is 15.8 Å². The molecule has 0 amide bonds. The first-order valence-electron chi connectivity index (χ1n) is 6.49. The van der Waals surface area contributed by atoms with Crippen molar-refractivity contribution in [1.82, 2.24) is 5.32 Å². The monoisotopic (exact) mass is 336 g/mol. The topological polar surface area (TPSA) is 15.3 Å². The maximum absolute atomic E-state index is 13.8. The standard InChI is InChI=1S/C16H18BrFN2/c1-11(19-2)13-9-8-12(10-14(13)17)20(3)16-7-5-4-6-15(16)18/h4-11,19H,1-3H3. The van der Waals surface area contributed by atoms with E-state index >= 15 is 0 Å². The molecule has 0 aliphatic rings. The van der Waals surface area contributed by atoms with Gasteiger partial charge in [-0.3, -0.25) is 0 Å². The van der Waals surface area contributed by atoms with Crippen LogP contribution in [-0.2, 0) is 0 Å². The average molecular weight is 337 g/mol. The summed E-state index contributed by atoms with van der Waals surface area (Å²) in [5.74, 6) is -0.223. The number of hydrogen-bond donors (Lipinski definition) is 1. The quantitative estimate of drug-likeness (QED) is 0.875. The third-order valence-corrected chi connectivity index (χ3v) is 4.17. The van der Waals surface area contributed by atoms with Gasteiger partial charge in [-0.1, -0.05) is 34.1 Å². The van der Waals surface area contributed by atoms with E-state index in [-0.39, 0.29) is 11.9 Å². The lowest BCUT2D eigenvalue weighted by Gasteiger charge is -2.22. The summed E-state index contributed by atoms with van der Waals surface area (Å²) < 4.78 is 14.8. The Labute approximate surface area is 127 Å². The molecular formula is C16H18BrFN2. The molecule has 0 aliphatic carbocycles. The molecule has 0 saturated heterocycles. The van der Waals surface area contributed by atoms with Crippen molar-refractivity contribution in [2.24, 2.45) is 0 Å². The molecule has 0 radical (unpaired) electrons. The maximum Gasteiger partial charge on any atom is 0.146 e. The van der Waals surface area contributed by atoms with Gasteiger partial charge in [0.05, 0.1) is 5.69 Å². The molecule has 1 N–H and O–H groups in total. The summed E-state index contributed by atoms with van der Waals surface area (Å²) in [6.45, 7) is 2.10. The SMILES string of the molecule is CNC(C)c1ccc(N(C)c2ccccc2F)cc1Br. The van der Waals surface area contributed by atoms with Crippen molar-refractivity contribution >= 4 is 27.3 Å². The molecule has 1 unspecified atom stereocenters. The minimum atomic E-state index is -0.223. The van der Waals surface area contributed by atoms with Crippen LogP contribution in [0.1, 0.15) is 18.5 Å². The smallest absolute Gasteiger partial charge is 0.146 e. The van der Waals surface area contributed by atoms with Gasteiger partial charge in [0.2, 0.25) is 0 Å². The molecular weight excluding hydrogens is 319 g/mol. The summed E-state index contributed by atoms with van der Waals surface area (Å²) in [5, 5.41) is 3.21. The molecule has 0 aromatic heterocycles. The highest BCUT2D eigenvalue weighted by Gasteiger charge is 2.12. The van der Waals surface area contributed by atoms with Crippen molar-refractivity contribution < 1.29 is 4.39 Å². The molecule has 2 aromatic carbocycles. The number of halogens is 2. The zero-order valence-corrected chi connectivity index (χ0v) is 13.4. The van der Waals surface area contributed by atoms with Crippen LogP contribution in [0.15, 0.2) is 46.9 Å². The summed E-state index contributed by atoms with van der Waals surface area (Å²) in [4.78, 5) is 1.84. The molecule has 0 aliphatic heterocycles. The zero-order valence-electron chi connectivity index (χ0n) is 11.8. The number of nitrogens with zero attached hydrogens (tertiary/aromatic N) is 1. The molecule has 4 heteroatoms. The number of hydrogen-bond acceptors (Lipinski definition) is 2. The van der Waals surface area contributed by atoms with Gasteiger partial charge in [0.1, 0.15) is 5.82 Å². The molecule has 20 heavy (non-hydrogen) atoms. The van der Waals surface area contributed by atoms with E-state index in [0.717, 1.165) is 10.2 Å². The normalized spacial score (nSPS) is 12.2. The van der Waals surface area contributed by atoms with Gasteiger partial charge < -0.3 is 10.2 Å². The van der Waals surface area contributed by atoms with E-state index in [9.17, 15) is 4.39 Å². The Morgan fingerprint density at radius 2 is 1.90 bits per heavy atom. The van der Waals surface area contributed by atoms with Crippen molar-refractivity contribution in [3.8, 4) is 0 Å². The lowest BCUT2D eigenvalue weighted by Crippen LogP contribution is -2.14. The van der Waals surface area contributed by atoms with Crippen LogP contribution in [0.2, 0.25) is 0 Å². The van der Waals surface area contributed by atoms with Crippen LogP contribution >= 0.6 is 15.9 Å². The molecule has 0 bridgehead atoms. The van der Waals surface area contributed by atoms with Crippen LogP contribution in [0.5, 0.6) is 0 Å². The second kappa shape index (κ2) is 6.37. The van der Waals surface area contributed by atoms with Crippen LogP contribution in [0, 0.1) is 5.82 Å². The minimum absolute atomic E-state index is 0.223. The number of benzene rings is 2. The van der Waals surface area contributed by atoms with Crippen LogP contribution in [0.25, 0.3) is 0 Å². The summed E-state index contributed by atoms with van der Waals surface area (Å²) in [6, 6.07) is 13.1. The van der Waals surface area contributed by atoms with Crippen LogP contribution in [0.3, 0.4) is 0 Å². The van der Waals surface area contributed by atoms with Crippen molar-refractivity contribution in [3.05, 3.63) is 58.3 Å². The molecule has 106 valence electrons. The van der Waals surface area contributed by atoms with E-state index in [2.05, 4.69) is 34.2 Å². The fourth-order valence-electron chi connectivity index (χ4n) is 2.09. The fourth-order valence-corrected chi connectivity index (χ4v) is 2.80. The molecule has 0 heterocycles. The average Bonchev–Trinajstić information content (AvgIpc) is 2.46. The van der Waals surface area contributed by atoms with Gasteiger partial charge in [-0.25, -0.2) is 4.39 Å². The highest BCUT2D eigenvalue weighted by atomic mass is 79.9. The van der Waals surface area contributed by atoms with Gasteiger partial charge >= 0.3 is 0 Å². The Morgan fingerprint density at radius 1 is 1.20 bits per heavy atom. The lowest BCUT2D eigenvalue weighted by molar-refractivity contribution is 0.627. The summed E-state index contributed by atoms with van der Waals surface area (Å²) in [7, 11) is 3.79. The zero-order chi connectivity index (χ0) is 14.7. The van der Waals surface area contributed by atoms with Crippen LogP contribution < -0.4 is 10.2 Å². The van der Waals surface area contributed by atoms with Crippen molar-refractivity contribution in [2.75, 3.05) is 19.0 Å². The third kappa shape index (κ3) is 3.02. The number of rotatable bonds is 4. The first kappa shape index (κ1) is 15.0. The largest absolute Gasteiger partial charge is 0.342 e. The van der Waals surface area contributed by atoms with Gasteiger partial charge in [0.25, 0.3) is 0 Å². The second-order valence-corrected chi connectivity index (χ2v) is 5.58.